The number of imidazole rings is 1. The second kappa shape index (κ2) is 9.59. The van der Waals surface area contributed by atoms with E-state index in [4.69, 9.17) is 19.0 Å². The van der Waals surface area contributed by atoms with Crippen molar-refractivity contribution in [3.05, 3.63) is 35.7 Å². The molecule has 188 valence electrons. The van der Waals surface area contributed by atoms with Crippen LogP contribution in [0.2, 0.25) is 0 Å². The summed E-state index contributed by atoms with van der Waals surface area (Å²) in [5.74, 6) is -0.372. The van der Waals surface area contributed by atoms with Gasteiger partial charge in [-0.2, -0.15) is 0 Å². The van der Waals surface area contributed by atoms with Gasteiger partial charge in [-0.3, -0.25) is 9.84 Å². The van der Waals surface area contributed by atoms with E-state index >= 15 is 4.39 Å². The van der Waals surface area contributed by atoms with Crippen LogP contribution < -0.4 is 10.6 Å². The van der Waals surface area contributed by atoms with Crippen LogP contribution in [0.5, 0.6) is 0 Å². The Hall–Kier alpha value is -2.96. The highest BCUT2D eigenvalue weighted by atomic mass is 31.2. The van der Waals surface area contributed by atoms with Crippen molar-refractivity contribution in [1.29, 1.82) is 0 Å². The number of H-pyrrole nitrogens is 1. The maximum atomic E-state index is 15.9. The summed E-state index contributed by atoms with van der Waals surface area (Å²) in [4.78, 5) is 45.9. The first-order chi connectivity index (χ1) is 16.5. The average molecular weight is 508 g/mol. The number of hydrogen-bond donors (Lipinski definition) is 5. The second-order valence-electron chi connectivity index (χ2n) is 8.50. The zero-order chi connectivity index (χ0) is 25.4. The molecule has 1 aliphatic rings. The fourth-order valence-corrected chi connectivity index (χ4v) is 4.63. The zero-order valence-corrected chi connectivity index (χ0v) is 20.2. The maximum Gasteiger partial charge on any atom is 0.470 e. The number of aromatic nitrogens is 4. The van der Waals surface area contributed by atoms with Crippen molar-refractivity contribution in [1.82, 2.24) is 25.3 Å². The molecule has 0 aliphatic carbocycles. The molecule has 1 unspecified atom stereocenters. The number of phosphoric ester groups is 1. The number of carbonyl (C=O) groups is 1. The fraction of sp³-hybridized carbons (Fsp3) is 0.429. The minimum absolute atomic E-state index is 0.0126. The van der Waals surface area contributed by atoms with Gasteiger partial charge in [0.2, 0.25) is 5.95 Å². The molecule has 1 atom stereocenters. The molecule has 3 aromatic rings. The normalized spacial score (nSPS) is 16.6. The molecule has 0 spiro atoms. The van der Waals surface area contributed by atoms with Crippen molar-refractivity contribution in [3.63, 3.8) is 0 Å². The number of hydrogen-bond acceptors (Lipinski definition) is 7. The number of halogens is 1. The standard InChI is InChI=1S/C21H26FN6O6P/c1-4-23-20(29)28-19-26-13-8-12(16(22)15(17(13)27-19)14-6-5-7-33-14)11-9-24-18(25-10-11)21(2,3)34-35(30,31)32/h8-10,14H,4-7H2,1-3H3,(H2,30,31,32)(H3,23,26,27,28,29). The number of benzene rings is 1. The van der Waals surface area contributed by atoms with Crippen molar-refractivity contribution in [3.8, 4) is 11.1 Å². The number of anilines is 1. The molecular weight excluding hydrogens is 482 g/mol. The van der Waals surface area contributed by atoms with Gasteiger partial charge >= 0.3 is 13.9 Å². The van der Waals surface area contributed by atoms with Crippen LogP contribution in [-0.2, 0) is 19.4 Å². The topological polar surface area (TPSA) is 172 Å². The number of aromatic amines is 1. The van der Waals surface area contributed by atoms with E-state index in [-0.39, 0.29) is 17.3 Å². The first-order valence-corrected chi connectivity index (χ1v) is 12.5. The van der Waals surface area contributed by atoms with Gasteiger partial charge in [-0.1, -0.05) is 0 Å². The van der Waals surface area contributed by atoms with Crippen LogP contribution in [0, 0.1) is 5.82 Å². The first-order valence-electron chi connectivity index (χ1n) is 11.0. The summed E-state index contributed by atoms with van der Waals surface area (Å²) in [6.45, 7) is 5.53. The summed E-state index contributed by atoms with van der Waals surface area (Å²) in [7, 11) is -4.79. The number of urea groups is 1. The molecule has 35 heavy (non-hydrogen) atoms. The molecule has 12 nitrogen and oxygen atoms in total. The van der Waals surface area contributed by atoms with Crippen molar-refractivity contribution in [2.75, 3.05) is 18.5 Å². The first kappa shape index (κ1) is 25.1. The van der Waals surface area contributed by atoms with Gasteiger partial charge in [0.05, 0.1) is 17.1 Å². The largest absolute Gasteiger partial charge is 0.470 e. The summed E-state index contributed by atoms with van der Waals surface area (Å²) in [5.41, 5.74) is 0.122. The Morgan fingerprint density at radius 3 is 2.69 bits per heavy atom. The minimum Gasteiger partial charge on any atom is -0.373 e. The molecule has 1 aliphatic heterocycles. The van der Waals surface area contributed by atoms with Crippen LogP contribution in [0.25, 0.3) is 22.2 Å². The zero-order valence-electron chi connectivity index (χ0n) is 19.3. The number of fused-ring (bicyclic) bond motifs is 1. The van der Waals surface area contributed by atoms with E-state index in [1.165, 1.54) is 32.3 Å². The predicted molar refractivity (Wildman–Crippen MR) is 124 cm³/mol. The van der Waals surface area contributed by atoms with E-state index in [1.807, 2.05) is 0 Å². The molecular formula is C21H26FN6O6P. The van der Waals surface area contributed by atoms with E-state index in [0.29, 0.717) is 41.7 Å². The lowest BCUT2D eigenvalue weighted by Gasteiger charge is -2.23. The highest BCUT2D eigenvalue weighted by molar-refractivity contribution is 7.46. The van der Waals surface area contributed by atoms with E-state index in [9.17, 15) is 9.36 Å². The third-order valence-corrected chi connectivity index (χ3v) is 6.12. The number of rotatable bonds is 7. The maximum absolute atomic E-state index is 15.9. The number of nitrogens with zero attached hydrogens (tertiary/aromatic N) is 3. The van der Waals surface area contributed by atoms with Crippen LogP contribution >= 0.6 is 7.82 Å². The molecule has 4 rings (SSSR count). The number of amides is 2. The van der Waals surface area contributed by atoms with Crippen LogP contribution in [0.3, 0.4) is 0 Å². The Morgan fingerprint density at radius 2 is 2.09 bits per heavy atom. The Balaban J connectivity index is 1.76. The van der Waals surface area contributed by atoms with Gasteiger partial charge in [0, 0.05) is 42.2 Å². The smallest absolute Gasteiger partial charge is 0.373 e. The van der Waals surface area contributed by atoms with Crippen LogP contribution in [0.15, 0.2) is 18.5 Å². The third-order valence-electron chi connectivity index (χ3n) is 5.42. The summed E-state index contributed by atoms with van der Waals surface area (Å²) in [6, 6.07) is 1.06. The number of carbonyl (C=O) groups excluding carboxylic acids is 1. The lowest BCUT2D eigenvalue weighted by molar-refractivity contribution is 0.0556. The number of nitrogens with one attached hydrogen (secondary N) is 3. The van der Waals surface area contributed by atoms with E-state index in [2.05, 4.69) is 30.6 Å². The monoisotopic (exact) mass is 508 g/mol. The molecule has 3 heterocycles. The SMILES string of the molecule is CCNC(=O)Nc1nc2cc(-c3cnc(C(C)(C)OP(=O)(O)O)nc3)c(F)c(C3CCCO3)c2[nH]1. The second-order valence-corrected chi connectivity index (χ2v) is 9.67. The predicted octanol–water partition coefficient (Wildman–Crippen LogP) is 3.50. The molecule has 0 radical (unpaired) electrons. The van der Waals surface area contributed by atoms with E-state index in [0.717, 1.165) is 6.42 Å². The van der Waals surface area contributed by atoms with Crippen molar-refractivity contribution in [2.24, 2.45) is 0 Å². The molecule has 1 fully saturated rings. The molecule has 2 aromatic heterocycles. The molecule has 5 N–H and O–H groups in total. The van der Waals surface area contributed by atoms with E-state index in [1.54, 1.807) is 6.92 Å². The highest BCUT2D eigenvalue weighted by Gasteiger charge is 2.34. The molecule has 0 bridgehead atoms. The fourth-order valence-electron chi connectivity index (χ4n) is 3.96. The molecule has 1 saturated heterocycles. The van der Waals surface area contributed by atoms with Crippen molar-refractivity contribution >= 4 is 30.8 Å². The Kier molecular flexibility index (Phi) is 6.89. The third kappa shape index (κ3) is 5.49. The summed E-state index contributed by atoms with van der Waals surface area (Å²) in [5, 5.41) is 5.19. The summed E-state index contributed by atoms with van der Waals surface area (Å²) >= 11 is 0. The van der Waals surface area contributed by atoms with Crippen molar-refractivity contribution in [2.45, 2.75) is 45.3 Å². The summed E-state index contributed by atoms with van der Waals surface area (Å²) in [6.07, 6.45) is 3.59. The average Bonchev–Trinajstić information content (AvgIpc) is 3.42. The van der Waals surface area contributed by atoms with Crippen LogP contribution in [-0.4, -0.2) is 48.9 Å². The number of ether oxygens (including phenoxy) is 1. The van der Waals surface area contributed by atoms with Gasteiger partial charge in [0.25, 0.3) is 0 Å². The molecule has 1 aromatic carbocycles. The van der Waals surface area contributed by atoms with Gasteiger partial charge in [-0.25, -0.2) is 28.7 Å². The quantitative estimate of drug-likeness (QED) is 0.300. The highest BCUT2D eigenvalue weighted by Crippen LogP contribution is 2.44. The van der Waals surface area contributed by atoms with E-state index < -0.39 is 31.4 Å². The Labute approximate surface area is 199 Å². The minimum atomic E-state index is -4.79. The summed E-state index contributed by atoms with van der Waals surface area (Å²) < 4.78 is 37.7. The number of phosphoric acid groups is 1. The van der Waals surface area contributed by atoms with Gasteiger partial charge in [-0.05, 0) is 39.7 Å². The van der Waals surface area contributed by atoms with Gasteiger partial charge < -0.3 is 24.8 Å². The Morgan fingerprint density at radius 1 is 1.37 bits per heavy atom. The Bertz CT molecular complexity index is 1290. The van der Waals surface area contributed by atoms with Crippen LogP contribution in [0.1, 0.15) is 51.1 Å². The molecule has 14 heteroatoms. The van der Waals surface area contributed by atoms with Gasteiger partial charge in [0.15, 0.2) is 5.82 Å². The lowest BCUT2D eigenvalue weighted by atomic mass is 9.98. The van der Waals surface area contributed by atoms with Crippen LogP contribution in [0.4, 0.5) is 15.1 Å². The van der Waals surface area contributed by atoms with Gasteiger partial charge in [0.1, 0.15) is 11.4 Å². The van der Waals surface area contributed by atoms with Gasteiger partial charge in [-0.15, -0.1) is 0 Å². The lowest BCUT2D eigenvalue weighted by Crippen LogP contribution is -2.28. The molecule has 2 amide bonds. The van der Waals surface area contributed by atoms with Crippen molar-refractivity contribution < 1.29 is 32.8 Å². The molecule has 0 saturated carbocycles.